The summed E-state index contributed by atoms with van der Waals surface area (Å²) in [4.78, 5) is 21.5. The Morgan fingerprint density at radius 1 is 1.28 bits per heavy atom. The number of halogens is 2. The first kappa shape index (κ1) is 15.1. The lowest BCUT2D eigenvalue weighted by Crippen LogP contribution is -2.21. The van der Waals surface area contributed by atoms with Crippen LogP contribution in [0, 0.1) is 0 Å². The Labute approximate surface area is 119 Å². The van der Waals surface area contributed by atoms with Crippen molar-refractivity contribution in [2.75, 3.05) is 12.4 Å². The van der Waals surface area contributed by atoms with Gasteiger partial charge in [0.05, 0.1) is 15.8 Å². The molecule has 0 heterocycles. The predicted octanol–water partition coefficient (Wildman–Crippen LogP) is 2.26. The van der Waals surface area contributed by atoms with Gasteiger partial charge in [-0.3, -0.25) is 9.59 Å². The van der Waals surface area contributed by atoms with Gasteiger partial charge in [0.25, 0.3) is 5.91 Å². The molecule has 0 aliphatic rings. The molecule has 7 heteroatoms. The third kappa shape index (κ3) is 5.62. The number of benzene rings is 1. The molecule has 0 spiro atoms. The van der Waals surface area contributed by atoms with Crippen LogP contribution in [-0.4, -0.2) is 24.2 Å². The summed E-state index contributed by atoms with van der Waals surface area (Å²) in [6.07, 6.45) is 0. The zero-order valence-electron chi connectivity index (χ0n) is 9.32. The molecular weight excluding hydrogens is 297 g/mol. The van der Waals surface area contributed by atoms with Crippen molar-refractivity contribution >= 4 is 46.8 Å². The van der Waals surface area contributed by atoms with Crippen molar-refractivity contribution in [1.82, 2.24) is 0 Å². The Morgan fingerprint density at radius 2 is 2.00 bits per heavy atom. The third-order valence-electron chi connectivity index (χ3n) is 1.85. The van der Waals surface area contributed by atoms with Gasteiger partial charge in [-0.2, -0.15) is 0 Å². The van der Waals surface area contributed by atoms with Crippen LogP contribution in [-0.2, 0) is 20.1 Å². The maximum atomic E-state index is 11.2. The van der Waals surface area contributed by atoms with Crippen LogP contribution in [0.1, 0.15) is 5.56 Å². The SMILES string of the molecule is NC(=O)COC(=O)CSCc1ccc(Cl)c(Cl)c1. The average molecular weight is 308 g/mol. The number of rotatable bonds is 6. The van der Waals surface area contributed by atoms with Gasteiger partial charge < -0.3 is 10.5 Å². The summed E-state index contributed by atoms with van der Waals surface area (Å²) in [7, 11) is 0. The molecule has 0 unspecified atom stereocenters. The molecule has 4 nitrogen and oxygen atoms in total. The lowest BCUT2D eigenvalue weighted by molar-refractivity contribution is -0.145. The maximum absolute atomic E-state index is 11.2. The number of carbonyl (C=O) groups excluding carboxylic acids is 2. The minimum atomic E-state index is -0.669. The first-order valence-corrected chi connectivity index (χ1v) is 6.85. The van der Waals surface area contributed by atoms with Crippen LogP contribution < -0.4 is 5.73 Å². The van der Waals surface area contributed by atoms with Gasteiger partial charge in [0.1, 0.15) is 0 Å². The third-order valence-corrected chi connectivity index (χ3v) is 3.56. The Kier molecular flexibility index (Phi) is 6.32. The van der Waals surface area contributed by atoms with Gasteiger partial charge in [-0.15, -0.1) is 11.8 Å². The number of amides is 1. The van der Waals surface area contributed by atoms with E-state index in [1.54, 1.807) is 12.1 Å². The quantitative estimate of drug-likeness (QED) is 0.818. The number of carbonyl (C=O) groups is 2. The van der Waals surface area contributed by atoms with Crippen LogP contribution >= 0.6 is 35.0 Å². The van der Waals surface area contributed by atoms with E-state index in [0.717, 1.165) is 5.56 Å². The highest BCUT2D eigenvalue weighted by Crippen LogP contribution is 2.24. The molecule has 0 atom stereocenters. The number of nitrogens with two attached hydrogens (primary N) is 1. The Bertz CT molecular complexity index is 454. The summed E-state index contributed by atoms with van der Waals surface area (Å²) in [5.74, 6) is -0.396. The largest absolute Gasteiger partial charge is 0.455 e. The van der Waals surface area contributed by atoms with E-state index in [1.165, 1.54) is 11.8 Å². The standard InChI is InChI=1S/C11H11Cl2NO3S/c12-8-2-1-7(3-9(8)13)5-18-6-11(16)17-4-10(14)15/h1-3H,4-6H2,(H2,14,15). The van der Waals surface area contributed by atoms with Crippen LogP contribution in [0.15, 0.2) is 18.2 Å². The van der Waals surface area contributed by atoms with Gasteiger partial charge >= 0.3 is 5.97 Å². The second-order valence-corrected chi connectivity index (χ2v) is 5.17. The normalized spacial score (nSPS) is 10.1. The number of esters is 1. The van der Waals surface area contributed by atoms with Crippen LogP contribution in [0.2, 0.25) is 10.0 Å². The summed E-state index contributed by atoms with van der Waals surface area (Å²) in [6.45, 7) is -0.383. The van der Waals surface area contributed by atoms with Crippen molar-refractivity contribution < 1.29 is 14.3 Å². The minimum absolute atomic E-state index is 0.146. The van der Waals surface area contributed by atoms with E-state index in [4.69, 9.17) is 28.9 Å². The zero-order chi connectivity index (χ0) is 13.5. The van der Waals surface area contributed by atoms with E-state index >= 15 is 0 Å². The summed E-state index contributed by atoms with van der Waals surface area (Å²) in [5.41, 5.74) is 5.80. The number of thioether (sulfide) groups is 1. The number of hydrogen-bond acceptors (Lipinski definition) is 4. The lowest BCUT2D eigenvalue weighted by Gasteiger charge is -2.04. The lowest BCUT2D eigenvalue weighted by atomic mass is 10.2. The van der Waals surface area contributed by atoms with Gasteiger partial charge in [0.15, 0.2) is 6.61 Å². The predicted molar refractivity (Wildman–Crippen MR) is 72.8 cm³/mol. The van der Waals surface area contributed by atoms with Crippen molar-refractivity contribution in [3.63, 3.8) is 0 Å². The molecule has 2 N–H and O–H groups in total. The van der Waals surface area contributed by atoms with Gasteiger partial charge in [-0.25, -0.2) is 0 Å². The topological polar surface area (TPSA) is 69.4 Å². The Morgan fingerprint density at radius 3 is 2.61 bits per heavy atom. The van der Waals surface area contributed by atoms with Gasteiger partial charge in [-0.1, -0.05) is 29.3 Å². The van der Waals surface area contributed by atoms with Crippen molar-refractivity contribution in [3.8, 4) is 0 Å². The molecule has 1 aromatic rings. The molecule has 0 aromatic heterocycles. The van der Waals surface area contributed by atoms with Crippen molar-refractivity contribution in [3.05, 3.63) is 33.8 Å². The molecule has 0 saturated heterocycles. The molecule has 1 aromatic carbocycles. The summed E-state index contributed by atoms with van der Waals surface area (Å²) >= 11 is 13.0. The minimum Gasteiger partial charge on any atom is -0.455 e. The van der Waals surface area contributed by atoms with E-state index in [0.29, 0.717) is 15.8 Å². The van der Waals surface area contributed by atoms with Crippen molar-refractivity contribution in [2.45, 2.75) is 5.75 Å². The number of ether oxygens (including phenoxy) is 1. The second-order valence-electron chi connectivity index (χ2n) is 3.37. The van der Waals surface area contributed by atoms with E-state index in [-0.39, 0.29) is 12.4 Å². The maximum Gasteiger partial charge on any atom is 0.316 e. The molecule has 98 valence electrons. The first-order chi connectivity index (χ1) is 8.49. The van der Waals surface area contributed by atoms with E-state index in [9.17, 15) is 9.59 Å². The van der Waals surface area contributed by atoms with Crippen LogP contribution in [0.4, 0.5) is 0 Å². The number of primary amides is 1. The van der Waals surface area contributed by atoms with Crippen molar-refractivity contribution in [1.29, 1.82) is 0 Å². The fourth-order valence-corrected chi connectivity index (χ4v) is 2.16. The Balaban J connectivity index is 2.30. The van der Waals surface area contributed by atoms with E-state index in [2.05, 4.69) is 4.74 Å². The summed E-state index contributed by atoms with van der Waals surface area (Å²) < 4.78 is 4.60. The monoisotopic (exact) mass is 307 g/mol. The fourth-order valence-electron chi connectivity index (χ4n) is 1.07. The smallest absolute Gasteiger partial charge is 0.316 e. The van der Waals surface area contributed by atoms with Gasteiger partial charge in [0.2, 0.25) is 0 Å². The van der Waals surface area contributed by atoms with Crippen molar-refractivity contribution in [2.24, 2.45) is 5.73 Å². The van der Waals surface area contributed by atoms with E-state index < -0.39 is 11.9 Å². The first-order valence-electron chi connectivity index (χ1n) is 4.94. The molecule has 0 saturated carbocycles. The molecule has 1 amide bonds. The molecule has 0 aliphatic carbocycles. The molecular formula is C11H11Cl2NO3S. The van der Waals surface area contributed by atoms with Crippen LogP contribution in [0.25, 0.3) is 0 Å². The highest BCUT2D eigenvalue weighted by molar-refractivity contribution is 7.99. The molecule has 0 radical (unpaired) electrons. The van der Waals surface area contributed by atoms with E-state index in [1.807, 2.05) is 6.07 Å². The fraction of sp³-hybridized carbons (Fsp3) is 0.273. The Hall–Kier alpha value is -0.910. The molecule has 1 rings (SSSR count). The molecule has 18 heavy (non-hydrogen) atoms. The zero-order valence-corrected chi connectivity index (χ0v) is 11.6. The summed E-state index contributed by atoms with van der Waals surface area (Å²) in [6, 6.07) is 5.27. The highest BCUT2D eigenvalue weighted by atomic mass is 35.5. The van der Waals surface area contributed by atoms with Gasteiger partial charge in [-0.05, 0) is 17.7 Å². The number of hydrogen-bond donors (Lipinski definition) is 1. The highest BCUT2D eigenvalue weighted by Gasteiger charge is 2.06. The molecule has 0 bridgehead atoms. The molecule has 0 fully saturated rings. The average Bonchev–Trinajstić information content (AvgIpc) is 2.31. The van der Waals surface area contributed by atoms with Crippen LogP contribution in [0.5, 0.6) is 0 Å². The van der Waals surface area contributed by atoms with Gasteiger partial charge in [0, 0.05) is 5.75 Å². The second kappa shape index (κ2) is 7.51. The molecule has 0 aliphatic heterocycles. The summed E-state index contributed by atoms with van der Waals surface area (Å²) in [5, 5.41) is 0.970. The van der Waals surface area contributed by atoms with Crippen LogP contribution in [0.3, 0.4) is 0 Å².